The molecule has 0 aromatic rings. The molecule has 0 aromatic heterocycles. The first-order valence-electron chi connectivity index (χ1n) is 6.24. The second kappa shape index (κ2) is 4.52. The van der Waals surface area contributed by atoms with E-state index in [1.165, 1.54) is 5.55 Å². The first-order chi connectivity index (χ1) is 9.74. The Kier molecular flexibility index (Phi) is 3.11. The van der Waals surface area contributed by atoms with Crippen LogP contribution in [0.15, 0.2) is 15.6 Å². The second-order valence-corrected chi connectivity index (χ2v) is 7.38. The van der Waals surface area contributed by atoms with Crippen molar-refractivity contribution in [1.29, 1.82) is 0 Å². The zero-order valence-corrected chi connectivity index (χ0v) is 11.7. The van der Waals surface area contributed by atoms with Crippen LogP contribution in [0.3, 0.4) is 0 Å². The Balaban J connectivity index is 2.01. The van der Waals surface area contributed by atoms with Crippen molar-refractivity contribution in [1.82, 2.24) is 0 Å². The zero-order valence-electron chi connectivity index (χ0n) is 10.9. The lowest BCUT2D eigenvalue weighted by atomic mass is 9.94. The number of nitrogens with zero attached hydrogens (tertiary/aromatic N) is 1. The number of fused-ring (bicyclic) bond motifs is 1. The first kappa shape index (κ1) is 14.5. The SMILES string of the molecule is NC1(N)CCC2=C(C1)S1(C=N2)OC(=O)C(O)C(O)C(=O)O1. The molecule has 2 aliphatic heterocycles. The monoisotopic (exact) mass is 317 g/mol. The molecule has 9 nitrogen and oxygen atoms in total. The molecule has 1 aliphatic carbocycles. The van der Waals surface area contributed by atoms with Gasteiger partial charge in [0.15, 0.2) is 12.2 Å². The Morgan fingerprint density at radius 1 is 1.24 bits per heavy atom. The Hall–Kier alpha value is -1.46. The summed E-state index contributed by atoms with van der Waals surface area (Å²) in [7, 11) is -2.93. The minimum atomic E-state index is -2.93. The molecule has 21 heavy (non-hydrogen) atoms. The molecule has 2 atom stereocenters. The lowest BCUT2D eigenvalue weighted by Gasteiger charge is -2.40. The molecule has 2 unspecified atom stereocenters. The van der Waals surface area contributed by atoms with Crippen LogP contribution in [0, 0.1) is 0 Å². The highest BCUT2D eigenvalue weighted by atomic mass is 32.3. The fourth-order valence-corrected chi connectivity index (χ4v) is 4.69. The number of aliphatic hydroxyl groups excluding tert-OH is 2. The highest BCUT2D eigenvalue weighted by Crippen LogP contribution is 2.64. The molecule has 0 amide bonds. The average molecular weight is 317 g/mol. The van der Waals surface area contributed by atoms with Crippen molar-refractivity contribution in [2.24, 2.45) is 16.5 Å². The normalized spacial score (nSPS) is 41.1. The lowest BCUT2D eigenvalue weighted by molar-refractivity contribution is -0.156. The van der Waals surface area contributed by atoms with E-state index in [2.05, 4.69) is 4.99 Å². The summed E-state index contributed by atoms with van der Waals surface area (Å²) >= 11 is 0. The molecule has 0 radical (unpaired) electrons. The molecule has 6 N–H and O–H groups in total. The van der Waals surface area contributed by atoms with Gasteiger partial charge in [-0.1, -0.05) is 0 Å². The van der Waals surface area contributed by atoms with E-state index in [0.717, 1.165) is 0 Å². The minimum absolute atomic E-state index is 0.143. The van der Waals surface area contributed by atoms with Crippen LogP contribution in [0.4, 0.5) is 0 Å². The number of rotatable bonds is 0. The predicted molar refractivity (Wildman–Crippen MR) is 72.3 cm³/mol. The van der Waals surface area contributed by atoms with Crippen LogP contribution in [0.2, 0.25) is 0 Å². The van der Waals surface area contributed by atoms with Gasteiger partial charge in [-0.3, -0.25) is 0 Å². The van der Waals surface area contributed by atoms with Gasteiger partial charge in [-0.25, -0.2) is 14.6 Å². The molecular formula is C11H15N3O6S. The molecule has 0 bridgehead atoms. The summed E-state index contributed by atoms with van der Waals surface area (Å²) in [6.45, 7) is 0. The van der Waals surface area contributed by atoms with Crippen molar-refractivity contribution in [3.8, 4) is 0 Å². The Morgan fingerprint density at radius 2 is 1.81 bits per heavy atom. The number of aliphatic hydroxyl groups is 2. The standard InChI is InChI=1S/C11H15N3O6S/c12-11(13)2-1-5-6(3-11)21(4-14-5)19-9(17)7(15)8(16)10(18)20-21/h4,7-8,15-16H,1-3,12-13H2. The first-order valence-corrected chi connectivity index (χ1v) is 7.79. The van der Waals surface area contributed by atoms with Crippen LogP contribution >= 0.6 is 10.6 Å². The van der Waals surface area contributed by atoms with E-state index in [1.807, 2.05) is 0 Å². The van der Waals surface area contributed by atoms with E-state index in [4.69, 9.17) is 19.8 Å². The number of nitrogens with two attached hydrogens (primary N) is 2. The number of carbonyl (C=O) groups is 2. The van der Waals surface area contributed by atoms with Crippen molar-refractivity contribution < 1.29 is 28.2 Å². The van der Waals surface area contributed by atoms with Gasteiger partial charge in [0, 0.05) is 6.42 Å². The van der Waals surface area contributed by atoms with Crippen molar-refractivity contribution in [3.05, 3.63) is 10.6 Å². The van der Waals surface area contributed by atoms with Crippen LogP contribution in [-0.4, -0.2) is 45.6 Å². The summed E-state index contributed by atoms with van der Waals surface area (Å²) in [4.78, 5) is 28.1. The highest BCUT2D eigenvalue weighted by Gasteiger charge is 2.49. The zero-order chi connectivity index (χ0) is 15.4. The van der Waals surface area contributed by atoms with Gasteiger partial charge in [-0.15, -0.1) is 0 Å². The second-order valence-electron chi connectivity index (χ2n) is 5.25. The average Bonchev–Trinajstić information content (AvgIpc) is 2.70. The van der Waals surface area contributed by atoms with Crippen molar-refractivity contribution in [3.63, 3.8) is 0 Å². The molecular weight excluding hydrogens is 302 g/mol. The van der Waals surface area contributed by atoms with Crippen molar-refractivity contribution >= 4 is 28.1 Å². The predicted octanol–water partition coefficient (Wildman–Crippen LogP) is -1.51. The van der Waals surface area contributed by atoms with Gasteiger partial charge < -0.3 is 30.0 Å². The molecule has 10 heteroatoms. The van der Waals surface area contributed by atoms with Crippen molar-refractivity contribution in [2.45, 2.75) is 37.1 Å². The maximum atomic E-state index is 11.8. The molecule has 0 saturated carbocycles. The van der Waals surface area contributed by atoms with Crippen LogP contribution in [0.1, 0.15) is 19.3 Å². The van der Waals surface area contributed by atoms with Crippen LogP contribution in [-0.2, 0) is 18.0 Å². The van der Waals surface area contributed by atoms with Gasteiger partial charge in [0.25, 0.3) is 0 Å². The summed E-state index contributed by atoms with van der Waals surface area (Å²) in [6, 6.07) is 0. The molecule has 1 fully saturated rings. The van der Waals surface area contributed by atoms with Crippen LogP contribution in [0.5, 0.6) is 0 Å². The quantitative estimate of drug-likeness (QED) is 0.393. The van der Waals surface area contributed by atoms with E-state index < -0.39 is 40.4 Å². The van der Waals surface area contributed by atoms with Gasteiger partial charge in [0.1, 0.15) is 5.55 Å². The summed E-state index contributed by atoms with van der Waals surface area (Å²) in [5.41, 5.74) is 12.6. The number of hydrogen-bond donors (Lipinski definition) is 4. The lowest BCUT2D eigenvalue weighted by Crippen LogP contribution is -2.51. The summed E-state index contributed by atoms with van der Waals surface area (Å²) in [5, 5.41) is 19.0. The topological polar surface area (TPSA) is 157 Å². The fraction of sp³-hybridized carbons (Fsp3) is 0.545. The number of hydrogen-bond acceptors (Lipinski definition) is 9. The molecule has 2 heterocycles. The van der Waals surface area contributed by atoms with E-state index in [1.54, 1.807) is 0 Å². The van der Waals surface area contributed by atoms with Gasteiger partial charge in [-0.05, 0) is 23.4 Å². The summed E-state index contributed by atoms with van der Waals surface area (Å²) in [6.07, 6.45) is -2.89. The van der Waals surface area contributed by atoms with E-state index in [9.17, 15) is 19.8 Å². The van der Waals surface area contributed by atoms with Gasteiger partial charge >= 0.3 is 11.9 Å². The van der Waals surface area contributed by atoms with E-state index in [0.29, 0.717) is 23.4 Å². The maximum Gasteiger partial charge on any atom is 0.361 e. The fourth-order valence-electron chi connectivity index (χ4n) is 2.34. The van der Waals surface area contributed by atoms with Crippen LogP contribution < -0.4 is 11.5 Å². The molecule has 116 valence electrons. The number of allylic oxidation sites excluding steroid dienone is 1. The van der Waals surface area contributed by atoms with Crippen molar-refractivity contribution in [2.75, 3.05) is 0 Å². The largest absolute Gasteiger partial charge is 0.379 e. The third-order valence-corrected chi connectivity index (χ3v) is 5.80. The van der Waals surface area contributed by atoms with E-state index >= 15 is 0 Å². The maximum absolute atomic E-state index is 11.8. The van der Waals surface area contributed by atoms with Gasteiger partial charge in [-0.2, -0.15) is 0 Å². The van der Waals surface area contributed by atoms with Crippen LogP contribution in [0.25, 0.3) is 0 Å². The van der Waals surface area contributed by atoms with Gasteiger partial charge in [0.05, 0.1) is 16.3 Å². The highest BCUT2D eigenvalue weighted by molar-refractivity contribution is 8.40. The smallest absolute Gasteiger partial charge is 0.361 e. The summed E-state index contributed by atoms with van der Waals surface area (Å²) < 4.78 is 10.3. The molecule has 1 spiro atoms. The molecule has 1 saturated heterocycles. The Labute approximate surface area is 121 Å². The molecule has 3 aliphatic rings. The molecule has 0 aromatic carbocycles. The third-order valence-electron chi connectivity index (χ3n) is 3.52. The minimum Gasteiger partial charge on any atom is -0.379 e. The number of carbonyl (C=O) groups excluding carboxylic acids is 2. The summed E-state index contributed by atoms with van der Waals surface area (Å²) in [5.74, 6) is -2.29. The van der Waals surface area contributed by atoms with Gasteiger partial charge in [0.2, 0.25) is 0 Å². The molecule has 3 rings (SSSR count). The Bertz CT molecular complexity index is 565. The number of aliphatic imine (C=N–C) groups is 1. The Morgan fingerprint density at radius 3 is 2.38 bits per heavy atom. The third kappa shape index (κ3) is 2.24. The van der Waals surface area contributed by atoms with E-state index in [-0.39, 0.29) is 6.42 Å².